The Morgan fingerprint density at radius 2 is 2.00 bits per heavy atom. The van der Waals surface area contributed by atoms with E-state index in [1.807, 2.05) is 6.07 Å². The fourth-order valence-electron chi connectivity index (χ4n) is 2.53. The van der Waals surface area contributed by atoms with Gasteiger partial charge in [-0.15, -0.1) is 0 Å². The van der Waals surface area contributed by atoms with Crippen molar-refractivity contribution < 1.29 is 9.47 Å². The van der Waals surface area contributed by atoms with Crippen LogP contribution in [0, 0.1) is 0 Å². The molecule has 1 aliphatic heterocycles. The summed E-state index contributed by atoms with van der Waals surface area (Å²) >= 11 is 3.51. The van der Waals surface area contributed by atoms with Crippen LogP contribution in [0.3, 0.4) is 0 Å². The second kappa shape index (κ2) is 8.58. The van der Waals surface area contributed by atoms with Gasteiger partial charge in [0.25, 0.3) is 0 Å². The molecule has 1 heterocycles. The quantitative estimate of drug-likeness (QED) is 0.723. The molecule has 0 saturated carbocycles. The fraction of sp³-hybridized carbons (Fsp3) is 0.600. The predicted molar refractivity (Wildman–Crippen MR) is 88.3 cm³/mol. The lowest BCUT2D eigenvalue weighted by Crippen LogP contribution is -2.45. The van der Waals surface area contributed by atoms with E-state index < -0.39 is 0 Å². The molecule has 118 valence electrons. The van der Waals surface area contributed by atoms with Crippen LogP contribution in [0.5, 0.6) is 11.5 Å². The Bertz CT molecular complexity index is 451. The topological polar surface area (TPSA) is 45.8 Å². The average Bonchev–Trinajstić information content (AvgIpc) is 2.52. The Labute approximate surface area is 135 Å². The van der Waals surface area contributed by atoms with Crippen LogP contribution in [0.15, 0.2) is 16.6 Å². The molecule has 0 bridgehead atoms. The number of nitrogens with one attached hydrogen (secondary N) is 2. The van der Waals surface area contributed by atoms with E-state index >= 15 is 0 Å². The molecule has 2 N–H and O–H groups in total. The van der Waals surface area contributed by atoms with Gasteiger partial charge in [-0.1, -0.05) is 15.9 Å². The summed E-state index contributed by atoms with van der Waals surface area (Å²) in [5.74, 6) is 1.56. The van der Waals surface area contributed by atoms with Crippen LogP contribution in [0.4, 0.5) is 0 Å². The van der Waals surface area contributed by atoms with Crippen LogP contribution < -0.4 is 20.1 Å². The lowest BCUT2D eigenvalue weighted by atomic mass is 10.2. The summed E-state index contributed by atoms with van der Waals surface area (Å²) in [5.41, 5.74) is 1.10. The molecule has 0 aromatic heterocycles. The number of halogens is 1. The second-order valence-electron chi connectivity index (χ2n) is 5.07. The zero-order valence-corrected chi connectivity index (χ0v) is 14.3. The van der Waals surface area contributed by atoms with Crippen LogP contribution >= 0.6 is 15.9 Å². The summed E-state index contributed by atoms with van der Waals surface area (Å²) in [7, 11) is 3.34. The van der Waals surface area contributed by atoms with Crippen LogP contribution in [0.2, 0.25) is 0 Å². The smallest absolute Gasteiger partial charge is 0.165 e. The number of methoxy groups -OCH3 is 2. The fourth-order valence-corrected chi connectivity index (χ4v) is 3.02. The predicted octanol–water partition coefficient (Wildman–Crippen LogP) is 1.46. The molecule has 6 heteroatoms. The van der Waals surface area contributed by atoms with Gasteiger partial charge >= 0.3 is 0 Å². The standard InChI is InChI=1S/C15H24BrN3O2/c1-20-14-10-13(16)9-12(15(14)21-2)11-18-5-8-19-6-3-17-4-7-19/h9-10,17-18H,3-8,11H2,1-2H3. The molecular formula is C15H24BrN3O2. The van der Waals surface area contributed by atoms with Crippen molar-refractivity contribution in [2.75, 3.05) is 53.5 Å². The summed E-state index contributed by atoms with van der Waals surface area (Å²) in [6.45, 7) is 7.27. The number of nitrogens with zero attached hydrogens (tertiary/aromatic N) is 1. The van der Waals surface area contributed by atoms with Gasteiger partial charge in [-0.2, -0.15) is 0 Å². The summed E-state index contributed by atoms with van der Waals surface area (Å²) in [6, 6.07) is 3.99. The van der Waals surface area contributed by atoms with Gasteiger partial charge in [0.15, 0.2) is 11.5 Å². The molecule has 0 unspecified atom stereocenters. The van der Waals surface area contributed by atoms with Crippen LogP contribution in [0.25, 0.3) is 0 Å². The van der Waals surface area contributed by atoms with E-state index in [0.717, 1.165) is 67.3 Å². The van der Waals surface area contributed by atoms with E-state index in [1.165, 1.54) is 0 Å². The monoisotopic (exact) mass is 357 g/mol. The number of benzene rings is 1. The molecule has 2 rings (SSSR count). The molecule has 0 radical (unpaired) electrons. The van der Waals surface area contributed by atoms with Crippen molar-refractivity contribution >= 4 is 15.9 Å². The minimum atomic E-state index is 0.755. The summed E-state index contributed by atoms with van der Waals surface area (Å²) in [5, 5.41) is 6.85. The molecular weight excluding hydrogens is 334 g/mol. The largest absolute Gasteiger partial charge is 0.493 e. The SMILES string of the molecule is COc1cc(Br)cc(CNCCN2CCNCC2)c1OC. The maximum atomic E-state index is 5.46. The minimum Gasteiger partial charge on any atom is -0.493 e. The van der Waals surface area contributed by atoms with Gasteiger partial charge < -0.3 is 20.1 Å². The average molecular weight is 358 g/mol. The van der Waals surface area contributed by atoms with E-state index in [2.05, 4.69) is 37.5 Å². The Kier molecular flexibility index (Phi) is 6.76. The van der Waals surface area contributed by atoms with E-state index in [9.17, 15) is 0 Å². The molecule has 1 fully saturated rings. The van der Waals surface area contributed by atoms with Crippen molar-refractivity contribution in [1.29, 1.82) is 0 Å². The molecule has 1 aliphatic rings. The molecule has 1 aromatic carbocycles. The van der Waals surface area contributed by atoms with Crippen molar-refractivity contribution in [2.24, 2.45) is 0 Å². The molecule has 0 spiro atoms. The van der Waals surface area contributed by atoms with Gasteiger partial charge in [-0.25, -0.2) is 0 Å². The van der Waals surface area contributed by atoms with Crippen molar-refractivity contribution in [3.8, 4) is 11.5 Å². The molecule has 5 nitrogen and oxygen atoms in total. The van der Waals surface area contributed by atoms with Crippen molar-refractivity contribution in [3.63, 3.8) is 0 Å². The van der Waals surface area contributed by atoms with Crippen molar-refractivity contribution in [2.45, 2.75) is 6.54 Å². The van der Waals surface area contributed by atoms with E-state index in [1.54, 1.807) is 14.2 Å². The number of rotatable bonds is 7. The van der Waals surface area contributed by atoms with Gasteiger partial charge in [-0.3, -0.25) is 4.90 Å². The maximum Gasteiger partial charge on any atom is 0.165 e. The first-order chi connectivity index (χ1) is 10.2. The molecule has 0 atom stereocenters. The number of piperazine rings is 1. The van der Waals surface area contributed by atoms with E-state index in [0.29, 0.717) is 0 Å². The zero-order chi connectivity index (χ0) is 15.1. The maximum absolute atomic E-state index is 5.46. The van der Waals surface area contributed by atoms with Crippen molar-refractivity contribution in [3.05, 3.63) is 22.2 Å². The van der Waals surface area contributed by atoms with Crippen LogP contribution in [-0.2, 0) is 6.54 Å². The Morgan fingerprint density at radius 3 is 2.67 bits per heavy atom. The first kappa shape index (κ1) is 16.5. The van der Waals surface area contributed by atoms with Gasteiger partial charge in [0.2, 0.25) is 0 Å². The number of hydrogen-bond donors (Lipinski definition) is 2. The molecule has 21 heavy (non-hydrogen) atoms. The lowest BCUT2D eigenvalue weighted by molar-refractivity contribution is 0.241. The van der Waals surface area contributed by atoms with Crippen LogP contribution in [0.1, 0.15) is 5.56 Å². The summed E-state index contributed by atoms with van der Waals surface area (Å²) in [4.78, 5) is 2.47. The highest BCUT2D eigenvalue weighted by atomic mass is 79.9. The highest BCUT2D eigenvalue weighted by Gasteiger charge is 2.12. The van der Waals surface area contributed by atoms with E-state index in [-0.39, 0.29) is 0 Å². The Balaban J connectivity index is 1.85. The Morgan fingerprint density at radius 1 is 1.24 bits per heavy atom. The van der Waals surface area contributed by atoms with E-state index in [4.69, 9.17) is 9.47 Å². The molecule has 0 aliphatic carbocycles. The third-order valence-electron chi connectivity index (χ3n) is 3.65. The highest BCUT2D eigenvalue weighted by Crippen LogP contribution is 2.34. The molecule has 1 aromatic rings. The number of hydrogen-bond acceptors (Lipinski definition) is 5. The second-order valence-corrected chi connectivity index (χ2v) is 5.98. The van der Waals surface area contributed by atoms with Gasteiger partial charge in [0, 0.05) is 55.8 Å². The van der Waals surface area contributed by atoms with Gasteiger partial charge in [-0.05, 0) is 12.1 Å². The van der Waals surface area contributed by atoms with Crippen molar-refractivity contribution in [1.82, 2.24) is 15.5 Å². The summed E-state index contributed by atoms with van der Waals surface area (Å²) in [6.07, 6.45) is 0. The highest BCUT2D eigenvalue weighted by molar-refractivity contribution is 9.10. The van der Waals surface area contributed by atoms with Gasteiger partial charge in [0.05, 0.1) is 14.2 Å². The van der Waals surface area contributed by atoms with Gasteiger partial charge in [0.1, 0.15) is 0 Å². The van der Waals surface area contributed by atoms with Crippen LogP contribution in [-0.4, -0.2) is 58.4 Å². The minimum absolute atomic E-state index is 0.755. The number of ether oxygens (including phenoxy) is 2. The summed E-state index contributed by atoms with van der Waals surface area (Å²) < 4.78 is 11.8. The zero-order valence-electron chi connectivity index (χ0n) is 12.7. The third kappa shape index (κ3) is 4.85. The first-order valence-electron chi connectivity index (χ1n) is 7.28. The molecule has 1 saturated heterocycles. The lowest BCUT2D eigenvalue weighted by Gasteiger charge is -2.27. The Hall–Kier alpha value is -0.820. The third-order valence-corrected chi connectivity index (χ3v) is 4.11. The first-order valence-corrected chi connectivity index (χ1v) is 8.08. The normalized spacial score (nSPS) is 16.0. The molecule has 0 amide bonds.